The maximum atomic E-state index is 12.9. The fourth-order valence-electron chi connectivity index (χ4n) is 1.37. The van der Waals surface area contributed by atoms with Crippen LogP contribution < -0.4 is 0 Å². The van der Waals surface area contributed by atoms with Crippen molar-refractivity contribution in [2.45, 2.75) is 12.5 Å². The minimum Gasteiger partial charge on any atom is -0.388 e. The molecule has 0 fully saturated rings. The Hall–Kier alpha value is -1.04. The predicted molar refractivity (Wildman–Crippen MR) is 58.6 cm³/mol. The summed E-state index contributed by atoms with van der Waals surface area (Å²) in [4.78, 5) is 0. The van der Waals surface area contributed by atoms with Crippen LogP contribution in [-0.2, 0) is 9.47 Å². The quantitative estimate of drug-likeness (QED) is 0.748. The number of hydrogen-bond acceptors (Lipinski definition) is 3. The topological polar surface area (TPSA) is 38.7 Å². The third-order valence-electron chi connectivity index (χ3n) is 2.24. The van der Waals surface area contributed by atoms with Gasteiger partial charge in [-0.3, -0.25) is 0 Å². The number of methoxy groups -OCH3 is 1. The highest BCUT2D eigenvalue weighted by molar-refractivity contribution is 5.20. The van der Waals surface area contributed by atoms with Crippen LogP contribution in [0, 0.1) is 11.6 Å². The predicted octanol–water partition coefficient (Wildman–Crippen LogP) is 2.05. The normalized spacial score (nSPS) is 12.7. The second-order valence-electron chi connectivity index (χ2n) is 3.61. The first-order chi connectivity index (χ1) is 8.13. The third-order valence-corrected chi connectivity index (χ3v) is 2.24. The molecule has 0 aliphatic carbocycles. The summed E-state index contributed by atoms with van der Waals surface area (Å²) >= 11 is 0. The van der Waals surface area contributed by atoms with E-state index in [1.54, 1.807) is 7.11 Å². The van der Waals surface area contributed by atoms with Crippen LogP contribution in [0.4, 0.5) is 8.78 Å². The Labute approximate surface area is 99.0 Å². The first kappa shape index (κ1) is 14.0. The smallest absolute Gasteiger partial charge is 0.126 e. The lowest BCUT2D eigenvalue weighted by Gasteiger charge is -2.11. The average Bonchev–Trinajstić information content (AvgIpc) is 2.27. The van der Waals surface area contributed by atoms with Crippen molar-refractivity contribution in [2.75, 3.05) is 26.9 Å². The van der Waals surface area contributed by atoms with Crippen LogP contribution in [0.3, 0.4) is 0 Å². The van der Waals surface area contributed by atoms with E-state index >= 15 is 0 Å². The first-order valence-corrected chi connectivity index (χ1v) is 5.34. The number of halogens is 2. The molecule has 1 rings (SSSR count). The molecular weight excluding hydrogens is 230 g/mol. The van der Waals surface area contributed by atoms with E-state index in [2.05, 4.69) is 0 Å². The summed E-state index contributed by atoms with van der Waals surface area (Å²) in [7, 11) is 1.56. The Balaban J connectivity index is 2.38. The van der Waals surface area contributed by atoms with E-state index in [4.69, 9.17) is 9.47 Å². The summed E-state index contributed by atoms with van der Waals surface area (Å²) in [5.74, 6) is -1.39. The van der Waals surface area contributed by atoms with Gasteiger partial charge >= 0.3 is 0 Å². The zero-order valence-electron chi connectivity index (χ0n) is 9.66. The minimum absolute atomic E-state index is 0.220. The van der Waals surface area contributed by atoms with Crippen molar-refractivity contribution in [1.82, 2.24) is 0 Å². The van der Waals surface area contributed by atoms with Gasteiger partial charge in [0.25, 0.3) is 0 Å². The largest absolute Gasteiger partial charge is 0.388 e. The number of rotatable bonds is 7. The number of aliphatic hydroxyl groups excluding tert-OH is 1. The van der Waals surface area contributed by atoms with Gasteiger partial charge in [0.2, 0.25) is 0 Å². The Morgan fingerprint density at radius 3 is 2.35 bits per heavy atom. The Morgan fingerprint density at radius 2 is 1.76 bits per heavy atom. The molecule has 0 radical (unpaired) electrons. The summed E-state index contributed by atoms with van der Waals surface area (Å²) in [5.41, 5.74) is 0.220. The van der Waals surface area contributed by atoms with Crippen LogP contribution in [0.15, 0.2) is 18.2 Å². The van der Waals surface area contributed by atoms with E-state index in [9.17, 15) is 13.9 Å². The van der Waals surface area contributed by atoms with Crippen molar-refractivity contribution in [3.8, 4) is 0 Å². The van der Waals surface area contributed by atoms with Gasteiger partial charge in [0.15, 0.2) is 0 Å². The molecule has 0 aliphatic rings. The van der Waals surface area contributed by atoms with Gasteiger partial charge in [-0.05, 0) is 17.7 Å². The van der Waals surface area contributed by atoms with Gasteiger partial charge in [-0.15, -0.1) is 0 Å². The average molecular weight is 246 g/mol. The van der Waals surface area contributed by atoms with Crippen molar-refractivity contribution in [3.63, 3.8) is 0 Å². The van der Waals surface area contributed by atoms with Gasteiger partial charge in [-0.25, -0.2) is 8.78 Å². The molecule has 0 amide bonds. The Bertz CT molecular complexity index is 324. The van der Waals surface area contributed by atoms with Crippen LogP contribution >= 0.6 is 0 Å². The molecule has 0 aromatic heterocycles. The molecular formula is C12H16F2O3. The minimum atomic E-state index is -0.928. The van der Waals surface area contributed by atoms with Crippen LogP contribution in [0.1, 0.15) is 18.1 Å². The summed E-state index contributed by atoms with van der Waals surface area (Å²) in [5, 5.41) is 9.68. The molecule has 0 saturated carbocycles. The van der Waals surface area contributed by atoms with Gasteiger partial charge in [0.1, 0.15) is 11.6 Å². The van der Waals surface area contributed by atoms with Crippen molar-refractivity contribution in [1.29, 1.82) is 0 Å². The zero-order chi connectivity index (χ0) is 12.7. The fourth-order valence-corrected chi connectivity index (χ4v) is 1.37. The number of benzene rings is 1. The second-order valence-corrected chi connectivity index (χ2v) is 3.61. The Morgan fingerprint density at radius 1 is 1.12 bits per heavy atom. The highest BCUT2D eigenvalue weighted by Crippen LogP contribution is 2.19. The lowest BCUT2D eigenvalue weighted by Crippen LogP contribution is -2.07. The van der Waals surface area contributed by atoms with Crippen molar-refractivity contribution >= 4 is 0 Å². The van der Waals surface area contributed by atoms with E-state index in [0.717, 1.165) is 18.2 Å². The maximum Gasteiger partial charge on any atom is 0.126 e. The molecule has 1 unspecified atom stereocenters. The van der Waals surface area contributed by atoms with Gasteiger partial charge in [-0.1, -0.05) is 0 Å². The number of ether oxygens (including phenoxy) is 2. The van der Waals surface area contributed by atoms with E-state index in [-0.39, 0.29) is 12.0 Å². The molecule has 0 heterocycles. The molecule has 5 heteroatoms. The molecule has 1 aromatic carbocycles. The van der Waals surface area contributed by atoms with E-state index in [1.807, 2.05) is 0 Å². The molecule has 1 atom stereocenters. The van der Waals surface area contributed by atoms with Crippen molar-refractivity contribution in [3.05, 3.63) is 35.4 Å². The number of aliphatic hydroxyl groups is 1. The van der Waals surface area contributed by atoms with Gasteiger partial charge in [0, 0.05) is 26.2 Å². The van der Waals surface area contributed by atoms with Crippen LogP contribution in [0.25, 0.3) is 0 Å². The summed E-state index contributed by atoms with van der Waals surface area (Å²) < 4.78 is 35.7. The summed E-state index contributed by atoms with van der Waals surface area (Å²) in [6.07, 6.45) is -0.644. The molecule has 0 aliphatic heterocycles. The maximum absolute atomic E-state index is 12.9. The van der Waals surface area contributed by atoms with E-state index < -0.39 is 17.7 Å². The molecule has 96 valence electrons. The third kappa shape index (κ3) is 5.21. The summed E-state index contributed by atoms with van der Waals surface area (Å²) in [6.45, 7) is 1.22. The highest BCUT2D eigenvalue weighted by Gasteiger charge is 2.10. The SMILES string of the molecule is COCCOCCC(O)c1cc(F)cc(F)c1. The number of hydrogen-bond donors (Lipinski definition) is 1. The van der Waals surface area contributed by atoms with Gasteiger partial charge in [-0.2, -0.15) is 0 Å². The molecule has 0 spiro atoms. The molecule has 1 N–H and O–H groups in total. The van der Waals surface area contributed by atoms with Crippen LogP contribution in [-0.4, -0.2) is 32.0 Å². The second kappa shape index (κ2) is 7.32. The monoisotopic (exact) mass is 246 g/mol. The van der Waals surface area contributed by atoms with Gasteiger partial charge < -0.3 is 14.6 Å². The highest BCUT2D eigenvalue weighted by atomic mass is 19.1. The molecule has 17 heavy (non-hydrogen) atoms. The first-order valence-electron chi connectivity index (χ1n) is 5.34. The van der Waals surface area contributed by atoms with E-state index in [1.165, 1.54) is 0 Å². The molecule has 1 aromatic rings. The van der Waals surface area contributed by atoms with Crippen molar-refractivity contribution < 1.29 is 23.4 Å². The van der Waals surface area contributed by atoms with Crippen molar-refractivity contribution in [2.24, 2.45) is 0 Å². The fraction of sp³-hybridized carbons (Fsp3) is 0.500. The summed E-state index contributed by atoms with van der Waals surface area (Å²) in [6, 6.07) is 3.00. The molecule has 0 saturated heterocycles. The van der Waals surface area contributed by atoms with E-state index in [0.29, 0.717) is 19.8 Å². The van der Waals surface area contributed by atoms with Gasteiger partial charge in [0.05, 0.1) is 19.3 Å². The van der Waals surface area contributed by atoms with Crippen LogP contribution in [0.5, 0.6) is 0 Å². The Kier molecular flexibility index (Phi) is 6.04. The zero-order valence-corrected chi connectivity index (χ0v) is 9.66. The lowest BCUT2D eigenvalue weighted by molar-refractivity contribution is 0.0474. The molecule has 3 nitrogen and oxygen atoms in total. The standard InChI is InChI=1S/C12H16F2O3/c1-16-4-5-17-3-2-12(15)9-6-10(13)8-11(14)7-9/h6-8,12,15H,2-5H2,1H3. The lowest BCUT2D eigenvalue weighted by atomic mass is 10.1. The molecule has 0 bridgehead atoms. The van der Waals surface area contributed by atoms with Crippen LogP contribution in [0.2, 0.25) is 0 Å².